The largest absolute Gasteiger partial charge is 0.398 e. The van der Waals surface area contributed by atoms with Crippen LogP contribution in [0.2, 0.25) is 5.02 Å². The number of rotatable bonds is 2. The summed E-state index contributed by atoms with van der Waals surface area (Å²) in [6.07, 6.45) is 0. The van der Waals surface area contributed by atoms with Crippen molar-refractivity contribution in [1.82, 2.24) is 0 Å². The third-order valence-corrected chi connectivity index (χ3v) is 4.10. The van der Waals surface area contributed by atoms with Gasteiger partial charge in [-0.2, -0.15) is 0 Å². The van der Waals surface area contributed by atoms with E-state index in [2.05, 4.69) is 41.1 Å². The maximum Gasteiger partial charge on any atom is 0.0638 e. The summed E-state index contributed by atoms with van der Waals surface area (Å²) >= 11 is 6.10. The van der Waals surface area contributed by atoms with Gasteiger partial charge in [-0.3, -0.25) is 0 Å². The molecule has 2 aromatic rings. The molecule has 1 heterocycles. The van der Waals surface area contributed by atoms with Gasteiger partial charge in [0.15, 0.2) is 0 Å². The van der Waals surface area contributed by atoms with E-state index in [4.69, 9.17) is 17.3 Å². The van der Waals surface area contributed by atoms with Crippen molar-refractivity contribution in [3.8, 4) is 0 Å². The second-order valence-corrected chi connectivity index (χ2v) is 5.59. The number of nitrogen functional groups attached to an aromatic ring is 1. The van der Waals surface area contributed by atoms with E-state index in [-0.39, 0.29) is 0 Å². The number of hydrogen-bond donors (Lipinski definition) is 1. The van der Waals surface area contributed by atoms with Crippen LogP contribution in [-0.4, -0.2) is 20.1 Å². The number of benzene rings is 2. The van der Waals surface area contributed by atoms with Crippen molar-refractivity contribution >= 4 is 28.7 Å². The third-order valence-electron chi connectivity index (χ3n) is 3.78. The zero-order chi connectivity index (χ0) is 14.1. The van der Waals surface area contributed by atoms with Crippen LogP contribution >= 0.6 is 11.6 Å². The molecule has 2 N–H and O–H groups in total. The van der Waals surface area contributed by atoms with Crippen molar-refractivity contribution in [2.75, 3.05) is 35.7 Å². The quantitative estimate of drug-likeness (QED) is 0.860. The highest BCUT2D eigenvalue weighted by Gasteiger charge is 2.19. The number of fused-ring (bicyclic) bond motifs is 1. The minimum Gasteiger partial charge on any atom is -0.398 e. The zero-order valence-electron chi connectivity index (χ0n) is 11.5. The van der Waals surface area contributed by atoms with E-state index in [0.717, 1.165) is 19.6 Å². The van der Waals surface area contributed by atoms with E-state index in [0.29, 0.717) is 10.7 Å². The number of nitrogens with two attached hydrogens (primary N) is 1. The third kappa shape index (κ3) is 2.41. The summed E-state index contributed by atoms with van der Waals surface area (Å²) in [5.41, 5.74) is 10.1. The highest BCUT2D eigenvalue weighted by Crippen LogP contribution is 2.33. The Bertz CT molecular complexity index is 627. The van der Waals surface area contributed by atoms with E-state index < -0.39 is 0 Å². The standard InChI is InChI=1S/C16H18ClN3/c1-19-8-9-20(16-5-3-2-4-15(16)19)11-12-6-7-14(18)13(17)10-12/h2-7,10H,8-9,11,18H2,1H3. The first-order valence-electron chi connectivity index (χ1n) is 6.74. The maximum absolute atomic E-state index is 6.10. The molecule has 20 heavy (non-hydrogen) atoms. The summed E-state index contributed by atoms with van der Waals surface area (Å²) in [5, 5.41) is 0.630. The Balaban J connectivity index is 1.88. The summed E-state index contributed by atoms with van der Waals surface area (Å²) in [4.78, 5) is 4.68. The van der Waals surface area contributed by atoms with E-state index in [1.54, 1.807) is 0 Å². The first-order chi connectivity index (χ1) is 9.65. The Morgan fingerprint density at radius 3 is 2.60 bits per heavy atom. The van der Waals surface area contributed by atoms with E-state index >= 15 is 0 Å². The van der Waals surface area contributed by atoms with Gasteiger partial charge in [0, 0.05) is 26.7 Å². The molecule has 1 aliphatic heterocycles. The molecule has 2 aromatic carbocycles. The molecule has 0 radical (unpaired) electrons. The Morgan fingerprint density at radius 1 is 1.10 bits per heavy atom. The van der Waals surface area contributed by atoms with E-state index in [1.807, 2.05) is 18.2 Å². The topological polar surface area (TPSA) is 32.5 Å². The fraction of sp³-hybridized carbons (Fsp3) is 0.250. The second-order valence-electron chi connectivity index (χ2n) is 5.19. The van der Waals surface area contributed by atoms with Gasteiger partial charge < -0.3 is 15.5 Å². The van der Waals surface area contributed by atoms with Crippen molar-refractivity contribution in [2.24, 2.45) is 0 Å². The molecule has 0 aliphatic carbocycles. The molecular weight excluding hydrogens is 270 g/mol. The van der Waals surface area contributed by atoms with Crippen molar-refractivity contribution in [1.29, 1.82) is 0 Å². The van der Waals surface area contributed by atoms with Crippen molar-refractivity contribution < 1.29 is 0 Å². The molecule has 0 fully saturated rings. The molecule has 0 saturated heterocycles. The number of nitrogens with zero attached hydrogens (tertiary/aromatic N) is 2. The lowest BCUT2D eigenvalue weighted by Crippen LogP contribution is -2.38. The number of likely N-dealkylation sites (N-methyl/N-ethyl adjacent to an activating group) is 1. The average Bonchev–Trinajstić information content (AvgIpc) is 2.46. The van der Waals surface area contributed by atoms with Gasteiger partial charge in [0.1, 0.15) is 0 Å². The Labute approximate surface area is 124 Å². The second kappa shape index (κ2) is 5.25. The molecule has 0 atom stereocenters. The molecule has 0 aromatic heterocycles. The molecule has 1 aliphatic rings. The zero-order valence-corrected chi connectivity index (χ0v) is 12.3. The fourth-order valence-corrected chi connectivity index (χ4v) is 2.82. The smallest absolute Gasteiger partial charge is 0.0638 e. The molecule has 104 valence electrons. The lowest BCUT2D eigenvalue weighted by atomic mass is 10.1. The van der Waals surface area contributed by atoms with Crippen LogP contribution in [0.15, 0.2) is 42.5 Å². The number of para-hydroxylation sites is 2. The van der Waals surface area contributed by atoms with E-state index in [1.165, 1.54) is 16.9 Å². The molecule has 0 spiro atoms. The van der Waals surface area contributed by atoms with Crippen LogP contribution < -0.4 is 15.5 Å². The van der Waals surface area contributed by atoms with Gasteiger partial charge in [0.05, 0.1) is 22.1 Å². The molecule has 3 rings (SSSR count). The summed E-state index contributed by atoms with van der Waals surface area (Å²) in [7, 11) is 2.14. The summed E-state index contributed by atoms with van der Waals surface area (Å²) in [6.45, 7) is 2.89. The summed E-state index contributed by atoms with van der Waals surface area (Å²) in [5.74, 6) is 0. The van der Waals surface area contributed by atoms with E-state index in [9.17, 15) is 0 Å². The normalized spacial score (nSPS) is 14.3. The molecule has 4 heteroatoms. The number of hydrogen-bond acceptors (Lipinski definition) is 3. The van der Waals surface area contributed by atoms with Crippen LogP contribution in [0.1, 0.15) is 5.56 Å². The molecule has 3 nitrogen and oxygen atoms in total. The predicted octanol–water partition coefficient (Wildman–Crippen LogP) is 3.38. The van der Waals surface area contributed by atoms with Gasteiger partial charge in [0.2, 0.25) is 0 Å². The molecule has 0 amide bonds. The minimum absolute atomic E-state index is 0.630. The van der Waals surface area contributed by atoms with Gasteiger partial charge in [-0.05, 0) is 29.8 Å². The highest BCUT2D eigenvalue weighted by atomic mass is 35.5. The van der Waals surface area contributed by atoms with Gasteiger partial charge >= 0.3 is 0 Å². The van der Waals surface area contributed by atoms with Crippen LogP contribution in [0.3, 0.4) is 0 Å². The molecule has 0 saturated carbocycles. The van der Waals surface area contributed by atoms with Crippen molar-refractivity contribution in [2.45, 2.75) is 6.54 Å². The number of anilines is 3. The minimum atomic E-state index is 0.630. The van der Waals surface area contributed by atoms with Gasteiger partial charge in [-0.15, -0.1) is 0 Å². The van der Waals surface area contributed by atoms with Crippen LogP contribution in [0.5, 0.6) is 0 Å². The van der Waals surface area contributed by atoms with Crippen LogP contribution in [0, 0.1) is 0 Å². The predicted molar refractivity (Wildman–Crippen MR) is 86.6 cm³/mol. The van der Waals surface area contributed by atoms with Crippen LogP contribution in [0.25, 0.3) is 0 Å². The average molecular weight is 288 g/mol. The molecule has 0 unspecified atom stereocenters. The molecular formula is C16H18ClN3. The van der Waals surface area contributed by atoms with Gasteiger partial charge in [-0.1, -0.05) is 29.8 Å². The Kier molecular flexibility index (Phi) is 3.45. The SMILES string of the molecule is CN1CCN(Cc2ccc(N)c(Cl)c2)c2ccccc21. The lowest BCUT2D eigenvalue weighted by molar-refractivity contribution is 0.735. The van der Waals surface area contributed by atoms with Crippen LogP contribution in [-0.2, 0) is 6.54 Å². The fourth-order valence-electron chi connectivity index (χ4n) is 2.62. The van der Waals surface area contributed by atoms with Crippen molar-refractivity contribution in [3.63, 3.8) is 0 Å². The summed E-state index contributed by atoms with van der Waals surface area (Å²) < 4.78 is 0. The Morgan fingerprint density at radius 2 is 1.85 bits per heavy atom. The van der Waals surface area contributed by atoms with Gasteiger partial charge in [0.25, 0.3) is 0 Å². The first kappa shape index (κ1) is 13.1. The molecule has 0 bridgehead atoms. The monoisotopic (exact) mass is 287 g/mol. The highest BCUT2D eigenvalue weighted by molar-refractivity contribution is 6.33. The Hall–Kier alpha value is -1.87. The maximum atomic E-state index is 6.10. The number of halogens is 1. The summed E-state index contributed by atoms with van der Waals surface area (Å²) in [6, 6.07) is 14.4. The van der Waals surface area contributed by atoms with Gasteiger partial charge in [-0.25, -0.2) is 0 Å². The lowest BCUT2D eigenvalue weighted by Gasteiger charge is -2.37. The van der Waals surface area contributed by atoms with Crippen molar-refractivity contribution in [3.05, 3.63) is 53.1 Å². The van der Waals surface area contributed by atoms with Crippen LogP contribution in [0.4, 0.5) is 17.1 Å². The first-order valence-corrected chi connectivity index (χ1v) is 7.12.